The highest BCUT2D eigenvalue weighted by Crippen LogP contribution is 2.52. The van der Waals surface area contributed by atoms with Crippen LogP contribution in [0.5, 0.6) is 0 Å². The minimum Gasteiger partial charge on any atom is -0.310 e. The van der Waals surface area contributed by atoms with Crippen LogP contribution in [0.4, 0.5) is 34.6 Å². The summed E-state index contributed by atoms with van der Waals surface area (Å²) < 4.78 is 62.7. The van der Waals surface area contributed by atoms with E-state index in [9.17, 15) is 17.6 Å². The predicted octanol–water partition coefficient (Wildman–Crippen LogP) is 10.6. The fourth-order valence-corrected chi connectivity index (χ4v) is 5.30. The first-order valence-corrected chi connectivity index (χ1v) is 13.2. The summed E-state index contributed by atoms with van der Waals surface area (Å²) in [6, 6.07) is 30.7. The van der Waals surface area contributed by atoms with Crippen LogP contribution in [-0.2, 0) is 17.0 Å². The lowest BCUT2D eigenvalue weighted by atomic mass is 9.94. The number of alkyl halides is 4. The molecule has 0 saturated carbocycles. The molecule has 0 saturated heterocycles. The maximum atomic E-state index is 14.4. The van der Waals surface area contributed by atoms with Gasteiger partial charge in [-0.15, -0.1) is 0 Å². The highest BCUT2D eigenvalue weighted by molar-refractivity contribution is 9.10. The number of rotatable bonds is 4. The van der Waals surface area contributed by atoms with Gasteiger partial charge in [0.05, 0.1) is 11.1 Å². The fourth-order valence-electron chi connectivity index (χ4n) is 4.77. The number of benzene rings is 5. The molecule has 0 fully saturated rings. The first kappa shape index (κ1) is 25.1. The van der Waals surface area contributed by atoms with Gasteiger partial charge in [-0.2, -0.15) is 17.6 Å². The van der Waals surface area contributed by atoms with E-state index in [1.807, 2.05) is 89.8 Å². The zero-order valence-corrected chi connectivity index (χ0v) is 22.6. The van der Waals surface area contributed by atoms with Crippen molar-refractivity contribution in [2.45, 2.75) is 12.2 Å². The van der Waals surface area contributed by atoms with Gasteiger partial charge in [-0.25, -0.2) is 4.74 Å². The van der Waals surface area contributed by atoms with E-state index < -0.39 is 23.3 Å². The van der Waals surface area contributed by atoms with Gasteiger partial charge in [0.2, 0.25) is 0 Å². The highest BCUT2D eigenvalue weighted by atomic mass is 79.9. The van der Waals surface area contributed by atoms with Crippen molar-refractivity contribution in [3.8, 4) is 11.1 Å². The molecule has 0 aromatic heterocycles. The van der Waals surface area contributed by atoms with E-state index in [2.05, 4.69) is 36.6 Å². The van der Waals surface area contributed by atoms with Crippen molar-refractivity contribution in [2.75, 3.05) is 4.90 Å². The molecule has 38 heavy (non-hydrogen) atoms. The van der Waals surface area contributed by atoms with Gasteiger partial charge in [-0.05, 0) is 94.7 Å². The van der Waals surface area contributed by atoms with Crippen LogP contribution >= 0.6 is 31.9 Å². The minimum atomic E-state index is -4.09. The number of nitrogens with zero attached hydrogens (tertiary/aromatic N) is 1. The maximum Gasteiger partial charge on any atom is 0.388 e. The molecule has 0 amide bonds. The van der Waals surface area contributed by atoms with Gasteiger partial charge in [0.1, 0.15) is 0 Å². The summed E-state index contributed by atoms with van der Waals surface area (Å²) in [5.41, 5.74) is 1.90. The highest BCUT2D eigenvalue weighted by Gasteiger charge is 2.57. The zero-order valence-electron chi connectivity index (χ0n) is 19.4. The van der Waals surface area contributed by atoms with Crippen molar-refractivity contribution in [3.05, 3.63) is 123 Å². The van der Waals surface area contributed by atoms with Crippen LogP contribution in [0.3, 0.4) is 0 Å². The first-order valence-electron chi connectivity index (χ1n) is 11.6. The van der Waals surface area contributed by atoms with Gasteiger partial charge in [-0.1, -0.05) is 62.2 Å². The Morgan fingerprint density at radius 3 is 1.79 bits per heavy atom. The molecule has 1 aliphatic heterocycles. The average Bonchev–Trinajstić information content (AvgIpc) is 3.08. The van der Waals surface area contributed by atoms with Gasteiger partial charge >= 0.3 is 12.2 Å². The summed E-state index contributed by atoms with van der Waals surface area (Å²) in [6.45, 7) is 0. The summed E-state index contributed by atoms with van der Waals surface area (Å²) in [6.07, 6.45) is -8.15. The Hall–Kier alpha value is -3.20. The Bertz CT molecular complexity index is 1630. The monoisotopic (exact) mass is 641 g/mol. The van der Waals surface area contributed by atoms with Gasteiger partial charge in [0.25, 0.3) is 0 Å². The number of anilines is 3. The van der Waals surface area contributed by atoms with Gasteiger partial charge in [0.15, 0.2) is 0 Å². The van der Waals surface area contributed by atoms with E-state index in [1.165, 1.54) is 6.07 Å². The van der Waals surface area contributed by atoms with Gasteiger partial charge in [0, 0.05) is 26.0 Å². The third kappa shape index (κ3) is 4.40. The van der Waals surface area contributed by atoms with Crippen molar-refractivity contribution < 1.29 is 22.3 Å². The molecule has 0 aliphatic carbocycles. The molecule has 1 aliphatic rings. The number of hydrogen-bond acceptors (Lipinski definition) is 2. The Labute approximate surface area is 232 Å². The van der Waals surface area contributed by atoms with Crippen molar-refractivity contribution in [1.82, 2.24) is 0 Å². The third-order valence-corrected chi connectivity index (χ3v) is 7.55. The van der Waals surface area contributed by atoms with Crippen LogP contribution in [0.15, 0.2) is 112 Å². The molecule has 5 aromatic rings. The Kier molecular flexibility index (Phi) is 6.09. The van der Waals surface area contributed by atoms with Gasteiger partial charge in [-0.3, -0.25) is 0 Å². The molecule has 0 N–H and O–H groups in total. The molecule has 0 unspecified atom stereocenters. The summed E-state index contributed by atoms with van der Waals surface area (Å²) in [5, 5.41) is 1.67. The Balaban J connectivity index is 1.59. The smallest absolute Gasteiger partial charge is 0.310 e. The lowest BCUT2D eigenvalue weighted by Gasteiger charge is -2.27. The second-order valence-electron chi connectivity index (χ2n) is 8.90. The third-order valence-electron chi connectivity index (χ3n) is 6.49. The van der Waals surface area contributed by atoms with E-state index in [0.29, 0.717) is 11.1 Å². The van der Waals surface area contributed by atoms with Crippen molar-refractivity contribution in [3.63, 3.8) is 0 Å². The van der Waals surface area contributed by atoms with E-state index in [-0.39, 0.29) is 0 Å². The minimum absolute atomic E-state index is 0.384. The largest absolute Gasteiger partial charge is 0.388 e. The number of halogens is 6. The lowest BCUT2D eigenvalue weighted by Crippen LogP contribution is -2.17. The van der Waals surface area contributed by atoms with E-state index in [0.717, 1.165) is 48.9 Å². The predicted molar refractivity (Wildman–Crippen MR) is 148 cm³/mol. The summed E-state index contributed by atoms with van der Waals surface area (Å²) in [4.78, 5) is 2.05. The molecule has 2 nitrogen and oxygen atoms in total. The lowest BCUT2D eigenvalue weighted by molar-refractivity contribution is -0.369. The standard InChI is InChI=1S/C30H17Br2F4NO/c31-20-6-10-22(11-7-20)37(23-12-8-21(32)9-13-23)24-15-18-3-1-2-4-25(18)26(17-24)19-5-14-27-28(16-19)30(35,36)38-29(27,33)34/h1-17H. The SMILES string of the molecule is FC1(F)OC(F)(F)c2cc(-c3cc(N(c4ccc(Br)cc4)c4ccc(Br)cc4)cc4ccccc34)ccc21. The number of ether oxygens (including phenoxy) is 1. The van der Waals surface area contributed by atoms with Crippen LogP contribution in [0.2, 0.25) is 0 Å². The van der Waals surface area contributed by atoms with Crippen LogP contribution in [0.1, 0.15) is 11.1 Å². The molecule has 0 atom stereocenters. The van der Waals surface area contributed by atoms with Crippen molar-refractivity contribution in [2.24, 2.45) is 0 Å². The van der Waals surface area contributed by atoms with E-state index in [1.54, 1.807) is 0 Å². The quantitative estimate of drug-likeness (QED) is 0.181. The fraction of sp³-hybridized carbons (Fsp3) is 0.0667. The molecule has 8 heteroatoms. The van der Waals surface area contributed by atoms with Crippen LogP contribution < -0.4 is 4.90 Å². The summed E-state index contributed by atoms with van der Waals surface area (Å²) in [7, 11) is 0. The topological polar surface area (TPSA) is 12.5 Å². The van der Waals surface area contributed by atoms with Crippen LogP contribution in [0.25, 0.3) is 21.9 Å². The van der Waals surface area contributed by atoms with Crippen molar-refractivity contribution >= 4 is 59.7 Å². The number of fused-ring (bicyclic) bond motifs is 2. The van der Waals surface area contributed by atoms with E-state index in [4.69, 9.17) is 0 Å². The molecule has 6 rings (SSSR count). The molecule has 0 bridgehead atoms. The average molecular weight is 643 g/mol. The maximum absolute atomic E-state index is 14.4. The van der Waals surface area contributed by atoms with Crippen LogP contribution in [-0.4, -0.2) is 0 Å². The molecular weight excluding hydrogens is 626 g/mol. The Morgan fingerprint density at radius 2 is 1.16 bits per heavy atom. The molecule has 1 heterocycles. The first-order chi connectivity index (χ1) is 18.1. The second kappa shape index (κ2) is 9.22. The molecular formula is C30H17Br2F4NO. The second-order valence-corrected chi connectivity index (χ2v) is 10.7. The van der Waals surface area contributed by atoms with Crippen molar-refractivity contribution in [1.29, 1.82) is 0 Å². The molecule has 0 spiro atoms. The molecule has 5 aromatic carbocycles. The molecule has 0 radical (unpaired) electrons. The summed E-state index contributed by atoms with van der Waals surface area (Å²) in [5.74, 6) is 0. The van der Waals surface area contributed by atoms with Crippen LogP contribution in [0, 0.1) is 0 Å². The normalized spacial score (nSPS) is 15.4. The summed E-state index contributed by atoms with van der Waals surface area (Å²) >= 11 is 6.97. The zero-order chi connectivity index (χ0) is 26.7. The van der Waals surface area contributed by atoms with Gasteiger partial charge < -0.3 is 4.90 Å². The Morgan fingerprint density at radius 1 is 0.579 bits per heavy atom. The molecule has 190 valence electrons. The van der Waals surface area contributed by atoms with E-state index >= 15 is 0 Å². The number of hydrogen-bond donors (Lipinski definition) is 0.